The number of carbonyl (C=O) groups is 1. The second-order valence-corrected chi connectivity index (χ2v) is 4.93. The Balaban J connectivity index is 2.17. The minimum absolute atomic E-state index is 0.141. The van der Waals surface area contributed by atoms with Crippen LogP contribution in [-0.2, 0) is 4.79 Å². The Hall–Kier alpha value is -1.67. The molecular weight excluding hydrogens is 236 g/mol. The van der Waals surface area contributed by atoms with Crippen LogP contribution in [0.25, 0.3) is 10.8 Å². The Morgan fingerprint density at radius 3 is 2.68 bits per heavy atom. The van der Waals surface area contributed by atoms with E-state index in [9.17, 15) is 9.90 Å². The van der Waals surface area contributed by atoms with E-state index in [0.717, 1.165) is 29.2 Å². The van der Waals surface area contributed by atoms with Crippen molar-refractivity contribution in [3.8, 4) is 0 Å². The lowest BCUT2D eigenvalue weighted by Gasteiger charge is -2.13. The summed E-state index contributed by atoms with van der Waals surface area (Å²) in [4.78, 5) is 11.8. The number of ketones is 1. The largest absolute Gasteiger partial charge is 0.388 e. The Kier molecular flexibility index (Phi) is 4.69. The topological polar surface area (TPSA) is 37.3 Å². The summed E-state index contributed by atoms with van der Waals surface area (Å²) < 4.78 is 0. The van der Waals surface area contributed by atoms with Crippen molar-refractivity contribution < 1.29 is 9.90 Å². The molecule has 1 atom stereocenters. The van der Waals surface area contributed by atoms with Crippen molar-refractivity contribution in [2.75, 3.05) is 0 Å². The van der Waals surface area contributed by atoms with E-state index in [2.05, 4.69) is 6.92 Å². The van der Waals surface area contributed by atoms with Crippen LogP contribution in [0.2, 0.25) is 0 Å². The van der Waals surface area contributed by atoms with Crippen LogP contribution in [-0.4, -0.2) is 10.9 Å². The Bertz CT molecular complexity index is 555. The first-order chi connectivity index (χ1) is 9.22. The predicted octanol–water partition coefficient (Wildman–Crippen LogP) is 4.02. The second kappa shape index (κ2) is 6.48. The van der Waals surface area contributed by atoms with Crippen LogP contribution in [0.5, 0.6) is 0 Å². The highest BCUT2D eigenvalue weighted by Gasteiger charge is 2.14. The fourth-order valence-corrected chi connectivity index (χ4v) is 2.34. The molecule has 2 heteroatoms. The van der Waals surface area contributed by atoms with Crippen molar-refractivity contribution in [2.24, 2.45) is 0 Å². The fourth-order valence-electron chi connectivity index (χ4n) is 2.34. The average molecular weight is 256 g/mol. The van der Waals surface area contributed by atoms with Gasteiger partial charge in [0.1, 0.15) is 5.78 Å². The third kappa shape index (κ3) is 3.42. The van der Waals surface area contributed by atoms with Gasteiger partial charge in [-0.2, -0.15) is 0 Å². The fraction of sp³-hybridized carbons (Fsp3) is 0.353. The van der Waals surface area contributed by atoms with E-state index < -0.39 is 6.10 Å². The van der Waals surface area contributed by atoms with Crippen LogP contribution in [0, 0.1) is 0 Å². The van der Waals surface area contributed by atoms with Crippen LogP contribution in [0.1, 0.15) is 44.3 Å². The standard InChI is InChI=1S/C17H20O2/c1-2-3-9-14(18)12-17(19)16-11-6-8-13-7-4-5-10-15(13)16/h4-8,10-11,17,19H,2-3,9,12H2,1H3/t17-/m0/s1. The predicted molar refractivity (Wildman–Crippen MR) is 78.1 cm³/mol. The molecule has 0 saturated heterocycles. The van der Waals surface area contributed by atoms with Crippen molar-refractivity contribution in [3.05, 3.63) is 48.0 Å². The quantitative estimate of drug-likeness (QED) is 0.847. The third-order valence-electron chi connectivity index (χ3n) is 3.41. The SMILES string of the molecule is CCCCC(=O)C[C@H](O)c1cccc2ccccc12. The van der Waals surface area contributed by atoms with Crippen molar-refractivity contribution in [3.63, 3.8) is 0 Å². The lowest BCUT2D eigenvalue weighted by Crippen LogP contribution is -2.07. The van der Waals surface area contributed by atoms with Gasteiger partial charge in [0, 0.05) is 12.8 Å². The molecule has 1 N–H and O–H groups in total. The molecule has 2 rings (SSSR count). The summed E-state index contributed by atoms with van der Waals surface area (Å²) in [6.45, 7) is 2.06. The monoisotopic (exact) mass is 256 g/mol. The zero-order valence-corrected chi connectivity index (χ0v) is 11.3. The molecule has 0 radical (unpaired) electrons. The van der Waals surface area contributed by atoms with E-state index in [4.69, 9.17) is 0 Å². The highest BCUT2D eigenvalue weighted by atomic mass is 16.3. The van der Waals surface area contributed by atoms with E-state index in [1.807, 2.05) is 42.5 Å². The molecule has 0 spiro atoms. The maximum Gasteiger partial charge on any atom is 0.135 e. The van der Waals surface area contributed by atoms with Gasteiger partial charge in [-0.25, -0.2) is 0 Å². The lowest BCUT2D eigenvalue weighted by molar-refractivity contribution is -0.121. The van der Waals surface area contributed by atoms with E-state index >= 15 is 0 Å². The van der Waals surface area contributed by atoms with E-state index in [1.165, 1.54) is 0 Å². The van der Waals surface area contributed by atoms with Crippen molar-refractivity contribution in [1.29, 1.82) is 0 Å². The number of Topliss-reactive ketones (excluding diaryl/α,β-unsaturated/α-hetero) is 1. The van der Waals surface area contributed by atoms with Gasteiger partial charge >= 0.3 is 0 Å². The summed E-state index contributed by atoms with van der Waals surface area (Å²) in [6.07, 6.45) is 2.00. The average Bonchev–Trinajstić information content (AvgIpc) is 2.44. The third-order valence-corrected chi connectivity index (χ3v) is 3.41. The molecule has 2 aromatic carbocycles. The van der Waals surface area contributed by atoms with Crippen LogP contribution >= 0.6 is 0 Å². The number of benzene rings is 2. The maximum absolute atomic E-state index is 11.8. The molecule has 2 aromatic rings. The minimum atomic E-state index is -0.699. The molecule has 0 amide bonds. The van der Waals surface area contributed by atoms with E-state index in [0.29, 0.717) is 6.42 Å². The molecule has 0 bridgehead atoms. The Labute approximate surface area is 114 Å². The second-order valence-electron chi connectivity index (χ2n) is 4.93. The molecule has 0 aromatic heterocycles. The number of aliphatic hydroxyl groups is 1. The zero-order valence-electron chi connectivity index (χ0n) is 11.3. The smallest absolute Gasteiger partial charge is 0.135 e. The highest BCUT2D eigenvalue weighted by molar-refractivity contribution is 5.87. The molecule has 100 valence electrons. The Morgan fingerprint density at radius 2 is 1.89 bits per heavy atom. The van der Waals surface area contributed by atoms with Crippen molar-refractivity contribution in [1.82, 2.24) is 0 Å². The number of carbonyl (C=O) groups excluding carboxylic acids is 1. The van der Waals surface area contributed by atoms with E-state index in [-0.39, 0.29) is 12.2 Å². The molecule has 19 heavy (non-hydrogen) atoms. The van der Waals surface area contributed by atoms with Gasteiger partial charge < -0.3 is 5.11 Å². The summed E-state index contributed by atoms with van der Waals surface area (Å²) in [7, 11) is 0. The first-order valence-electron chi connectivity index (χ1n) is 6.89. The molecule has 0 heterocycles. The minimum Gasteiger partial charge on any atom is -0.388 e. The van der Waals surface area contributed by atoms with Gasteiger partial charge in [0.25, 0.3) is 0 Å². The van der Waals surface area contributed by atoms with Gasteiger partial charge in [0.15, 0.2) is 0 Å². The zero-order chi connectivity index (χ0) is 13.7. The summed E-state index contributed by atoms with van der Waals surface area (Å²) in [5.74, 6) is 0.141. The van der Waals surface area contributed by atoms with Gasteiger partial charge in [-0.15, -0.1) is 0 Å². The van der Waals surface area contributed by atoms with Crippen LogP contribution in [0.15, 0.2) is 42.5 Å². The molecule has 0 aliphatic carbocycles. The first-order valence-corrected chi connectivity index (χ1v) is 6.89. The molecule has 2 nitrogen and oxygen atoms in total. The number of rotatable bonds is 6. The van der Waals surface area contributed by atoms with Gasteiger partial charge in [0.2, 0.25) is 0 Å². The number of aliphatic hydroxyl groups excluding tert-OH is 1. The first kappa shape index (κ1) is 13.8. The van der Waals surface area contributed by atoms with E-state index in [1.54, 1.807) is 0 Å². The van der Waals surface area contributed by atoms with Crippen LogP contribution in [0.3, 0.4) is 0 Å². The molecule has 0 unspecified atom stereocenters. The van der Waals surface area contributed by atoms with Gasteiger partial charge in [0.05, 0.1) is 6.10 Å². The summed E-state index contributed by atoms with van der Waals surface area (Å²) >= 11 is 0. The molecule has 0 aliphatic rings. The van der Waals surface area contributed by atoms with Gasteiger partial charge in [-0.1, -0.05) is 55.8 Å². The summed E-state index contributed by atoms with van der Waals surface area (Å²) in [5, 5.41) is 12.4. The lowest BCUT2D eigenvalue weighted by atomic mass is 9.96. The normalized spacial score (nSPS) is 12.5. The Morgan fingerprint density at radius 1 is 1.16 bits per heavy atom. The number of unbranched alkanes of at least 4 members (excludes halogenated alkanes) is 1. The molecule has 0 saturated carbocycles. The number of fused-ring (bicyclic) bond motifs is 1. The van der Waals surface area contributed by atoms with Crippen molar-refractivity contribution in [2.45, 2.75) is 38.7 Å². The van der Waals surface area contributed by atoms with Gasteiger partial charge in [-0.05, 0) is 22.8 Å². The highest BCUT2D eigenvalue weighted by Crippen LogP contribution is 2.26. The van der Waals surface area contributed by atoms with Crippen molar-refractivity contribution >= 4 is 16.6 Å². The summed E-state index contributed by atoms with van der Waals surface area (Å²) in [6, 6.07) is 13.8. The number of hydrogen-bond donors (Lipinski definition) is 1. The maximum atomic E-state index is 11.8. The molecule has 0 fully saturated rings. The van der Waals surface area contributed by atoms with Gasteiger partial charge in [-0.3, -0.25) is 4.79 Å². The molecule has 0 aliphatic heterocycles. The number of hydrogen-bond acceptors (Lipinski definition) is 2. The van der Waals surface area contributed by atoms with Crippen LogP contribution < -0.4 is 0 Å². The summed E-state index contributed by atoms with van der Waals surface area (Å²) in [5.41, 5.74) is 0.850. The molecular formula is C17H20O2. The van der Waals surface area contributed by atoms with Crippen LogP contribution in [0.4, 0.5) is 0 Å².